The number of benzene rings is 2. The number of nitrogens with one attached hydrogen (secondary N) is 1. The quantitative estimate of drug-likeness (QED) is 0.771. The van der Waals surface area contributed by atoms with Gasteiger partial charge in [-0.2, -0.15) is 5.10 Å². The summed E-state index contributed by atoms with van der Waals surface area (Å²) in [5.41, 5.74) is 1.69. The molecule has 26 heavy (non-hydrogen) atoms. The minimum Gasteiger partial charge on any atom is -0.347 e. The molecule has 5 heteroatoms. The van der Waals surface area contributed by atoms with Crippen molar-refractivity contribution < 1.29 is 4.79 Å². The van der Waals surface area contributed by atoms with Crippen molar-refractivity contribution in [2.24, 2.45) is 5.92 Å². The molecule has 4 rings (SSSR count). The van der Waals surface area contributed by atoms with E-state index in [2.05, 4.69) is 22.5 Å². The second-order valence-electron chi connectivity index (χ2n) is 6.83. The first-order valence-corrected chi connectivity index (χ1v) is 9.01. The molecule has 1 N–H and O–H groups in total. The van der Waals surface area contributed by atoms with Gasteiger partial charge in [0, 0.05) is 5.39 Å². The summed E-state index contributed by atoms with van der Waals surface area (Å²) < 4.78 is 1.59. The summed E-state index contributed by atoms with van der Waals surface area (Å²) in [4.78, 5) is 24.7. The lowest BCUT2D eigenvalue weighted by atomic mass is 9.77. The van der Waals surface area contributed by atoms with Gasteiger partial charge in [0.25, 0.3) is 0 Å². The first-order chi connectivity index (χ1) is 12.7. The molecule has 1 aliphatic rings. The summed E-state index contributed by atoms with van der Waals surface area (Å²) in [6.45, 7) is 0.0941. The van der Waals surface area contributed by atoms with Crippen LogP contribution in [0.4, 0.5) is 0 Å². The Labute approximate surface area is 151 Å². The fourth-order valence-electron chi connectivity index (χ4n) is 3.55. The summed E-state index contributed by atoms with van der Waals surface area (Å²) in [7, 11) is 0. The van der Waals surface area contributed by atoms with Gasteiger partial charge in [-0.15, -0.1) is 0 Å². The number of amides is 1. The first kappa shape index (κ1) is 16.5. The van der Waals surface area contributed by atoms with Gasteiger partial charge in [0.15, 0.2) is 0 Å². The molecule has 1 heterocycles. The van der Waals surface area contributed by atoms with Crippen molar-refractivity contribution in [2.45, 2.75) is 31.8 Å². The van der Waals surface area contributed by atoms with Crippen LogP contribution in [0.25, 0.3) is 10.9 Å². The zero-order valence-electron chi connectivity index (χ0n) is 14.5. The van der Waals surface area contributed by atoms with Crippen molar-refractivity contribution in [3.8, 4) is 0 Å². The van der Waals surface area contributed by atoms with Crippen LogP contribution in [0, 0.1) is 5.92 Å². The average molecular weight is 347 g/mol. The summed E-state index contributed by atoms with van der Waals surface area (Å²) in [6.07, 6.45) is 4.77. The number of rotatable bonds is 5. The van der Waals surface area contributed by atoms with Crippen molar-refractivity contribution in [3.63, 3.8) is 0 Å². The lowest BCUT2D eigenvalue weighted by molar-refractivity contribution is -0.123. The van der Waals surface area contributed by atoms with Gasteiger partial charge in [0.05, 0.1) is 17.8 Å². The Morgan fingerprint density at radius 2 is 1.85 bits per heavy atom. The zero-order chi connectivity index (χ0) is 17.9. The lowest BCUT2D eigenvalue weighted by Crippen LogP contribution is -2.38. The van der Waals surface area contributed by atoms with Crippen LogP contribution in [0.1, 0.15) is 30.9 Å². The largest absolute Gasteiger partial charge is 0.347 e. The smallest absolute Gasteiger partial charge is 0.242 e. The number of fused-ring (bicyclic) bond motifs is 1. The summed E-state index contributed by atoms with van der Waals surface area (Å²) in [5.74, 6) is 0.395. The highest BCUT2D eigenvalue weighted by Gasteiger charge is 2.29. The van der Waals surface area contributed by atoms with Crippen molar-refractivity contribution in [1.29, 1.82) is 0 Å². The van der Waals surface area contributed by atoms with Gasteiger partial charge >= 0.3 is 0 Å². The Morgan fingerprint density at radius 3 is 2.58 bits per heavy atom. The van der Waals surface area contributed by atoms with Gasteiger partial charge in [-0.25, -0.2) is 0 Å². The Kier molecular flexibility index (Phi) is 4.52. The number of para-hydroxylation sites is 1. The predicted octanol–water partition coefficient (Wildman–Crippen LogP) is 3.05. The molecule has 0 bridgehead atoms. The normalized spacial score (nSPS) is 15.4. The van der Waals surface area contributed by atoms with E-state index in [4.69, 9.17) is 0 Å². The average Bonchev–Trinajstić information content (AvgIpc) is 2.63. The molecule has 0 unspecified atom stereocenters. The molecule has 2 aromatic carbocycles. The van der Waals surface area contributed by atoms with E-state index in [1.807, 2.05) is 36.4 Å². The zero-order valence-corrected chi connectivity index (χ0v) is 14.5. The van der Waals surface area contributed by atoms with Crippen LogP contribution in [0.2, 0.25) is 0 Å². The van der Waals surface area contributed by atoms with Crippen LogP contribution in [0.15, 0.2) is 65.6 Å². The van der Waals surface area contributed by atoms with E-state index < -0.39 is 0 Å². The SMILES string of the molecule is O=C(Cn1ncc(=O)c2ccccc21)N[C@H](c1ccccc1)C1CCC1. The maximum absolute atomic E-state index is 12.7. The van der Waals surface area contributed by atoms with E-state index in [9.17, 15) is 9.59 Å². The van der Waals surface area contributed by atoms with E-state index in [1.165, 1.54) is 12.6 Å². The summed E-state index contributed by atoms with van der Waals surface area (Å²) in [5, 5.41) is 7.91. The second kappa shape index (κ2) is 7.12. The number of hydrogen-bond acceptors (Lipinski definition) is 3. The van der Waals surface area contributed by atoms with Crippen LogP contribution in [0.3, 0.4) is 0 Å². The minimum absolute atomic E-state index is 0.0306. The Morgan fingerprint density at radius 1 is 1.12 bits per heavy atom. The van der Waals surface area contributed by atoms with Gasteiger partial charge in [0.2, 0.25) is 11.3 Å². The highest BCUT2D eigenvalue weighted by atomic mass is 16.2. The fraction of sp³-hybridized carbons (Fsp3) is 0.286. The molecular weight excluding hydrogens is 326 g/mol. The molecule has 1 aromatic heterocycles. The third kappa shape index (κ3) is 3.25. The maximum atomic E-state index is 12.7. The Bertz CT molecular complexity index is 977. The molecule has 132 valence electrons. The van der Waals surface area contributed by atoms with Crippen molar-refractivity contribution in [3.05, 3.63) is 76.6 Å². The van der Waals surface area contributed by atoms with E-state index in [0.717, 1.165) is 18.4 Å². The number of aromatic nitrogens is 2. The van der Waals surface area contributed by atoms with Crippen molar-refractivity contribution in [1.82, 2.24) is 15.1 Å². The Balaban J connectivity index is 1.56. The van der Waals surface area contributed by atoms with E-state index in [0.29, 0.717) is 16.8 Å². The predicted molar refractivity (Wildman–Crippen MR) is 101 cm³/mol. The molecule has 0 saturated heterocycles. The number of nitrogens with zero attached hydrogens (tertiary/aromatic N) is 2. The van der Waals surface area contributed by atoms with E-state index in [1.54, 1.807) is 10.7 Å². The summed E-state index contributed by atoms with van der Waals surface area (Å²) >= 11 is 0. The fourth-order valence-corrected chi connectivity index (χ4v) is 3.55. The lowest BCUT2D eigenvalue weighted by Gasteiger charge is -2.34. The highest BCUT2D eigenvalue weighted by molar-refractivity contribution is 5.81. The van der Waals surface area contributed by atoms with Gasteiger partial charge in [0.1, 0.15) is 6.54 Å². The minimum atomic E-state index is -0.131. The first-order valence-electron chi connectivity index (χ1n) is 9.01. The Hall–Kier alpha value is -2.95. The van der Waals surface area contributed by atoms with Crippen LogP contribution in [-0.2, 0) is 11.3 Å². The van der Waals surface area contributed by atoms with Gasteiger partial charge in [-0.1, -0.05) is 48.9 Å². The van der Waals surface area contributed by atoms with Gasteiger partial charge in [-0.3, -0.25) is 14.3 Å². The third-order valence-electron chi connectivity index (χ3n) is 5.15. The van der Waals surface area contributed by atoms with Gasteiger partial charge < -0.3 is 5.32 Å². The summed E-state index contributed by atoms with van der Waals surface area (Å²) in [6, 6.07) is 17.4. The molecule has 1 atom stereocenters. The molecule has 3 aromatic rings. The van der Waals surface area contributed by atoms with Crippen LogP contribution in [-0.4, -0.2) is 15.7 Å². The number of carbonyl (C=O) groups excluding carboxylic acids is 1. The molecule has 0 aliphatic heterocycles. The van der Waals surface area contributed by atoms with Crippen LogP contribution < -0.4 is 10.7 Å². The van der Waals surface area contributed by atoms with Crippen LogP contribution >= 0.6 is 0 Å². The van der Waals surface area contributed by atoms with Crippen molar-refractivity contribution in [2.75, 3.05) is 0 Å². The highest BCUT2D eigenvalue weighted by Crippen LogP contribution is 2.37. The topological polar surface area (TPSA) is 64.0 Å². The molecule has 1 amide bonds. The molecule has 5 nitrogen and oxygen atoms in total. The maximum Gasteiger partial charge on any atom is 0.242 e. The van der Waals surface area contributed by atoms with E-state index >= 15 is 0 Å². The molecule has 1 fully saturated rings. The monoisotopic (exact) mass is 347 g/mol. The third-order valence-corrected chi connectivity index (χ3v) is 5.15. The number of hydrogen-bond donors (Lipinski definition) is 1. The molecular formula is C21H21N3O2. The van der Waals surface area contributed by atoms with Crippen LogP contribution in [0.5, 0.6) is 0 Å². The molecule has 0 spiro atoms. The molecule has 0 radical (unpaired) electrons. The van der Waals surface area contributed by atoms with Gasteiger partial charge in [-0.05, 0) is 36.5 Å². The molecule has 1 aliphatic carbocycles. The van der Waals surface area contributed by atoms with Crippen molar-refractivity contribution >= 4 is 16.8 Å². The molecule has 1 saturated carbocycles. The number of carbonyl (C=O) groups is 1. The van der Waals surface area contributed by atoms with E-state index in [-0.39, 0.29) is 23.9 Å². The second-order valence-corrected chi connectivity index (χ2v) is 6.83. The standard InChI is InChI=1S/C21H21N3O2/c25-19-13-22-24(18-12-5-4-11-17(18)19)14-20(26)23-21(16-9-6-10-16)15-7-2-1-3-8-15/h1-5,7-8,11-13,16,21H,6,9-10,14H2,(H,23,26)/t21-/m1/s1.